The van der Waals surface area contributed by atoms with Crippen LogP contribution in [0.25, 0.3) is 0 Å². The van der Waals surface area contributed by atoms with Crippen LogP contribution in [0.3, 0.4) is 0 Å². The number of phenols is 1. The van der Waals surface area contributed by atoms with Crippen LogP contribution in [0, 0.1) is 11.9 Å². The first-order valence-corrected chi connectivity index (χ1v) is 2.59. The van der Waals surface area contributed by atoms with Crippen LogP contribution in [0.15, 0.2) is 18.2 Å². The van der Waals surface area contributed by atoms with Crippen molar-refractivity contribution in [3.63, 3.8) is 0 Å². The maximum absolute atomic E-state index is 12.0. The van der Waals surface area contributed by atoms with Crippen molar-refractivity contribution in [2.45, 2.75) is 0 Å². The zero-order valence-corrected chi connectivity index (χ0v) is 9.51. The van der Waals surface area contributed by atoms with Gasteiger partial charge in [-0.15, -0.1) is 18.2 Å². The van der Waals surface area contributed by atoms with E-state index in [4.69, 9.17) is 5.11 Å². The van der Waals surface area contributed by atoms with Crippen LogP contribution >= 0.6 is 0 Å². The molecule has 1 rings (SSSR count). The average Bonchev–Trinajstić information content (AvgIpc) is 1.88. The number of rotatable bonds is 0. The van der Waals surface area contributed by atoms with Gasteiger partial charge in [0.25, 0.3) is 0 Å². The van der Waals surface area contributed by atoms with E-state index in [1.54, 1.807) is 0 Å². The van der Waals surface area contributed by atoms with Gasteiger partial charge in [0, 0.05) is 11.6 Å². The zero-order valence-electron chi connectivity index (χ0n) is 6.39. The summed E-state index contributed by atoms with van der Waals surface area (Å²) in [5.74, 6) is -0.699. The van der Waals surface area contributed by atoms with Crippen molar-refractivity contribution in [1.29, 1.82) is 0 Å². The molecule has 0 atom stereocenters. The molecule has 2 radical (unpaired) electrons. The van der Waals surface area contributed by atoms with Gasteiger partial charge in [-0.25, -0.2) is 4.39 Å². The predicted octanol–water partition coefficient (Wildman–Crippen LogP) is -1.20. The Bertz CT molecular complexity index is 194. The van der Waals surface area contributed by atoms with Crippen molar-refractivity contribution in [3.8, 4) is 5.75 Å². The van der Waals surface area contributed by atoms with Crippen LogP contribution in [0.4, 0.5) is 13.0 Å². The Morgan fingerprint density at radius 2 is 1.83 bits per heavy atom. The summed E-state index contributed by atoms with van der Waals surface area (Å²) in [4.78, 5) is 0. The van der Waals surface area contributed by atoms with Crippen molar-refractivity contribution >= 4 is 7.83 Å². The van der Waals surface area contributed by atoms with Gasteiger partial charge in [-0.3, -0.25) is 0 Å². The molecule has 60 valence electrons. The summed E-state index contributed by atoms with van der Waals surface area (Å²) in [6, 6.07) is 6.06. The quantitative estimate of drug-likeness (QED) is 0.410. The summed E-state index contributed by atoms with van der Waals surface area (Å²) in [7, 11) is -1.00. The minimum Gasteiger partial charge on any atom is -0.554 e. The van der Waals surface area contributed by atoms with E-state index in [0.717, 1.165) is 0 Å². The molecule has 0 aliphatic heterocycles. The van der Waals surface area contributed by atoms with E-state index in [2.05, 4.69) is 6.07 Å². The predicted molar refractivity (Wildman–Crippen MR) is 34.9 cm³/mol. The monoisotopic (exact) mass is 199 g/mol. The van der Waals surface area contributed by atoms with E-state index in [-0.39, 0.29) is 57.1 Å². The Hall–Kier alpha value is 0.511. The van der Waals surface area contributed by atoms with E-state index in [0.29, 0.717) is 0 Å². The molecule has 0 aliphatic rings. The van der Waals surface area contributed by atoms with Gasteiger partial charge in [-0.1, -0.05) is 0 Å². The van der Waals surface area contributed by atoms with Gasteiger partial charge in [0.05, 0.1) is 0 Å². The Morgan fingerprint density at radius 1 is 1.33 bits per heavy atom. The molecule has 6 heteroatoms. The fraction of sp³-hybridized carbons (Fsp3) is 0. The minimum atomic E-state index is -1.00. The second-order valence-electron chi connectivity index (χ2n) is 1.47. The van der Waals surface area contributed by atoms with Gasteiger partial charge in [0.1, 0.15) is 7.83 Å². The van der Waals surface area contributed by atoms with E-state index >= 15 is 0 Å². The Labute approximate surface area is 112 Å². The van der Waals surface area contributed by atoms with Crippen molar-refractivity contribution in [3.05, 3.63) is 30.1 Å². The van der Waals surface area contributed by atoms with Crippen LogP contribution in [-0.2, 0) is 0 Å². The van der Waals surface area contributed by atoms with Gasteiger partial charge < -0.3 is 13.7 Å². The summed E-state index contributed by atoms with van der Waals surface area (Å²) in [5.41, 5.74) is 0. The third-order valence-corrected chi connectivity index (χ3v) is 0.744. The van der Waals surface area contributed by atoms with Crippen LogP contribution in [0.1, 0.15) is 0 Å². The standard InChI is InChI=1S/C6H4FO.BF2.K/c7-5-2-1-3-6(8)4-5;2-1-3;/h1-3,8H;;/q2*-1;+1. The second kappa shape index (κ2) is 9.60. The molecular weight excluding hydrogens is 195 g/mol. The summed E-state index contributed by atoms with van der Waals surface area (Å²) in [6.07, 6.45) is 0. The van der Waals surface area contributed by atoms with Crippen molar-refractivity contribution < 1.29 is 69.5 Å². The fourth-order valence-corrected chi connectivity index (χ4v) is 0.429. The Balaban J connectivity index is 0. The molecule has 1 nitrogen and oxygen atoms in total. The average molecular weight is 199 g/mol. The molecule has 0 fully saturated rings. The molecule has 0 saturated carbocycles. The maximum atomic E-state index is 12.0. The van der Waals surface area contributed by atoms with Gasteiger partial charge in [-0.05, 0) is 0 Å². The molecule has 0 spiro atoms. The van der Waals surface area contributed by atoms with Crippen molar-refractivity contribution in [1.82, 2.24) is 0 Å². The van der Waals surface area contributed by atoms with E-state index < -0.39 is 13.7 Å². The molecule has 0 aromatic heterocycles. The minimum absolute atomic E-state index is 0. The molecule has 12 heavy (non-hydrogen) atoms. The molecule has 1 aromatic rings. The second-order valence-corrected chi connectivity index (χ2v) is 1.47. The summed E-state index contributed by atoms with van der Waals surface area (Å²) in [5, 5.41) is 8.52. The molecule has 0 bridgehead atoms. The molecule has 1 aromatic carbocycles. The summed E-state index contributed by atoms with van der Waals surface area (Å²) in [6.45, 7) is 0. The first-order valence-electron chi connectivity index (χ1n) is 2.59. The van der Waals surface area contributed by atoms with Gasteiger partial charge in [0.2, 0.25) is 0 Å². The summed E-state index contributed by atoms with van der Waals surface area (Å²) < 4.78 is 31.0. The molecule has 0 heterocycles. The molecular formula is C6H4BF3KO-. The summed E-state index contributed by atoms with van der Waals surface area (Å²) >= 11 is 0. The molecule has 0 amide bonds. The van der Waals surface area contributed by atoms with E-state index in [1.165, 1.54) is 18.2 Å². The molecule has 0 saturated heterocycles. The SMILES string of the molecule is F[B-]F.Oc1[c-]c(F)ccc1.[K+]. The van der Waals surface area contributed by atoms with Gasteiger partial charge in [-0.2, -0.15) is 6.07 Å². The topological polar surface area (TPSA) is 20.2 Å². The zero-order chi connectivity index (χ0) is 8.69. The van der Waals surface area contributed by atoms with Crippen LogP contribution in [0.2, 0.25) is 0 Å². The first kappa shape index (κ1) is 15.0. The van der Waals surface area contributed by atoms with Crippen LogP contribution in [-0.4, -0.2) is 12.9 Å². The third-order valence-electron chi connectivity index (χ3n) is 0.744. The third kappa shape index (κ3) is 8.61. The largest absolute Gasteiger partial charge is 1.00 e. The molecule has 0 aliphatic carbocycles. The number of benzene rings is 1. The Morgan fingerprint density at radius 3 is 2.08 bits per heavy atom. The van der Waals surface area contributed by atoms with Crippen LogP contribution in [0.5, 0.6) is 5.75 Å². The van der Waals surface area contributed by atoms with Gasteiger partial charge >= 0.3 is 51.4 Å². The molecule has 0 unspecified atom stereocenters. The normalized spacial score (nSPS) is 7.58. The Kier molecular flexibility index (Phi) is 12.0. The number of hydrogen-bond acceptors (Lipinski definition) is 1. The first-order chi connectivity index (χ1) is 5.20. The smallest absolute Gasteiger partial charge is 0.554 e. The van der Waals surface area contributed by atoms with Gasteiger partial charge in [0.15, 0.2) is 0 Å². The number of hydrogen-bond donors (Lipinski definition) is 1. The molecule has 1 N–H and O–H groups in total. The van der Waals surface area contributed by atoms with E-state index in [9.17, 15) is 13.0 Å². The number of phenolic OH excluding ortho intramolecular Hbond substituents is 1. The van der Waals surface area contributed by atoms with Crippen LogP contribution < -0.4 is 51.4 Å². The van der Waals surface area contributed by atoms with Crippen molar-refractivity contribution in [2.24, 2.45) is 0 Å². The van der Waals surface area contributed by atoms with Crippen molar-refractivity contribution in [2.75, 3.05) is 0 Å². The van der Waals surface area contributed by atoms with E-state index in [1.807, 2.05) is 0 Å². The maximum Gasteiger partial charge on any atom is 1.00 e. The number of aromatic hydroxyl groups is 1. The fourth-order valence-electron chi connectivity index (χ4n) is 0.429. The number of halogens is 3.